The van der Waals surface area contributed by atoms with Crippen molar-refractivity contribution in [3.8, 4) is 0 Å². The summed E-state index contributed by atoms with van der Waals surface area (Å²) in [6, 6.07) is 4.60. The van der Waals surface area contributed by atoms with Gasteiger partial charge < -0.3 is 5.73 Å². The molecule has 0 aliphatic heterocycles. The van der Waals surface area contributed by atoms with Crippen molar-refractivity contribution in [1.29, 1.82) is 0 Å². The predicted octanol–water partition coefficient (Wildman–Crippen LogP) is 4.45. The van der Waals surface area contributed by atoms with Gasteiger partial charge in [0.05, 0.1) is 0 Å². The lowest BCUT2D eigenvalue weighted by Gasteiger charge is -2.34. The maximum absolute atomic E-state index is 13.9. The van der Waals surface area contributed by atoms with E-state index in [-0.39, 0.29) is 17.3 Å². The number of hydrogen-bond donors (Lipinski definition) is 1. The summed E-state index contributed by atoms with van der Waals surface area (Å²) in [5.74, 6) is -0.273. The van der Waals surface area contributed by atoms with Crippen LogP contribution < -0.4 is 5.73 Å². The number of halogens is 2. The van der Waals surface area contributed by atoms with Crippen LogP contribution in [0.1, 0.15) is 50.6 Å². The molecule has 0 radical (unpaired) electrons. The van der Waals surface area contributed by atoms with Crippen molar-refractivity contribution in [2.75, 3.05) is 0 Å². The molecule has 17 heavy (non-hydrogen) atoms. The topological polar surface area (TPSA) is 26.0 Å². The van der Waals surface area contributed by atoms with Crippen LogP contribution in [0.25, 0.3) is 0 Å². The Hall–Kier alpha value is -0.600. The monoisotopic (exact) mass is 255 g/mol. The smallest absolute Gasteiger partial charge is 0.129 e. The van der Waals surface area contributed by atoms with Crippen LogP contribution in [0.5, 0.6) is 0 Å². The largest absolute Gasteiger partial charge is 0.323 e. The SMILES string of the molecule is CCC1(C(N)c2ccc(Cl)cc2F)CCCC1. The van der Waals surface area contributed by atoms with E-state index in [2.05, 4.69) is 6.92 Å². The fraction of sp³-hybridized carbons (Fsp3) is 0.571. The molecule has 0 aromatic heterocycles. The van der Waals surface area contributed by atoms with E-state index in [1.165, 1.54) is 18.9 Å². The Morgan fingerprint density at radius 1 is 1.41 bits per heavy atom. The third-order valence-corrected chi connectivity index (χ3v) is 4.50. The van der Waals surface area contributed by atoms with Crippen molar-refractivity contribution in [3.63, 3.8) is 0 Å². The summed E-state index contributed by atoms with van der Waals surface area (Å²) in [6.45, 7) is 2.15. The van der Waals surface area contributed by atoms with Gasteiger partial charge in [-0.25, -0.2) is 4.39 Å². The van der Waals surface area contributed by atoms with Crippen LogP contribution in [0.15, 0.2) is 18.2 Å². The van der Waals surface area contributed by atoms with Gasteiger partial charge in [0.1, 0.15) is 5.82 Å². The van der Waals surface area contributed by atoms with Gasteiger partial charge in [-0.05, 0) is 36.8 Å². The molecule has 0 amide bonds. The van der Waals surface area contributed by atoms with Gasteiger partial charge >= 0.3 is 0 Å². The minimum Gasteiger partial charge on any atom is -0.323 e. The average molecular weight is 256 g/mol. The standard InChI is InChI=1S/C14H19ClFN/c1-2-14(7-3-4-8-14)13(17)11-6-5-10(15)9-12(11)16/h5-6,9,13H,2-4,7-8,17H2,1H3. The van der Waals surface area contributed by atoms with Crippen LogP contribution in [0, 0.1) is 11.2 Å². The third kappa shape index (κ3) is 2.34. The number of benzene rings is 1. The number of nitrogens with two attached hydrogens (primary N) is 1. The average Bonchev–Trinajstić information content (AvgIpc) is 2.78. The van der Waals surface area contributed by atoms with Crippen LogP contribution >= 0.6 is 11.6 Å². The first-order valence-electron chi connectivity index (χ1n) is 6.29. The Kier molecular flexibility index (Phi) is 3.74. The molecular formula is C14H19ClFN. The van der Waals surface area contributed by atoms with Gasteiger partial charge in [-0.15, -0.1) is 0 Å². The fourth-order valence-electron chi connectivity index (χ4n) is 3.05. The summed E-state index contributed by atoms with van der Waals surface area (Å²) in [6.07, 6.45) is 5.63. The summed E-state index contributed by atoms with van der Waals surface area (Å²) in [5, 5.41) is 0.426. The molecule has 3 heteroatoms. The lowest BCUT2D eigenvalue weighted by molar-refractivity contribution is 0.218. The van der Waals surface area contributed by atoms with Gasteiger partial charge in [0.2, 0.25) is 0 Å². The molecular weight excluding hydrogens is 237 g/mol. The summed E-state index contributed by atoms with van der Waals surface area (Å²) >= 11 is 5.77. The number of hydrogen-bond acceptors (Lipinski definition) is 1. The lowest BCUT2D eigenvalue weighted by atomic mass is 9.74. The molecule has 1 aromatic carbocycles. The molecule has 1 aromatic rings. The highest BCUT2D eigenvalue weighted by atomic mass is 35.5. The second kappa shape index (κ2) is 4.95. The Balaban J connectivity index is 2.32. The van der Waals surface area contributed by atoms with Gasteiger partial charge in [-0.1, -0.05) is 37.4 Å². The van der Waals surface area contributed by atoms with Crippen molar-refractivity contribution in [3.05, 3.63) is 34.6 Å². The zero-order valence-electron chi connectivity index (χ0n) is 10.2. The molecule has 1 aliphatic rings. The lowest BCUT2D eigenvalue weighted by Crippen LogP contribution is -2.32. The van der Waals surface area contributed by atoms with Crippen molar-refractivity contribution in [1.82, 2.24) is 0 Å². The fourth-order valence-corrected chi connectivity index (χ4v) is 3.21. The van der Waals surface area contributed by atoms with Gasteiger partial charge in [0.25, 0.3) is 0 Å². The highest BCUT2D eigenvalue weighted by molar-refractivity contribution is 6.30. The molecule has 1 atom stereocenters. The van der Waals surface area contributed by atoms with E-state index in [1.807, 2.05) is 0 Å². The van der Waals surface area contributed by atoms with E-state index in [1.54, 1.807) is 12.1 Å². The molecule has 0 heterocycles. The molecule has 1 fully saturated rings. The van der Waals surface area contributed by atoms with Crippen LogP contribution in [0.2, 0.25) is 5.02 Å². The molecule has 1 aliphatic carbocycles. The Labute approximate surface area is 107 Å². The summed E-state index contributed by atoms with van der Waals surface area (Å²) in [5.41, 5.74) is 7.00. The van der Waals surface area contributed by atoms with Gasteiger partial charge in [-0.3, -0.25) is 0 Å². The molecule has 1 saturated carbocycles. The van der Waals surface area contributed by atoms with Crippen LogP contribution in [0.4, 0.5) is 4.39 Å². The molecule has 2 N–H and O–H groups in total. The second-order valence-electron chi connectivity index (χ2n) is 5.07. The minimum atomic E-state index is -0.273. The van der Waals surface area contributed by atoms with Crippen LogP contribution in [-0.2, 0) is 0 Å². The van der Waals surface area contributed by atoms with Gasteiger partial charge in [0.15, 0.2) is 0 Å². The van der Waals surface area contributed by atoms with E-state index < -0.39 is 0 Å². The summed E-state index contributed by atoms with van der Waals surface area (Å²) in [4.78, 5) is 0. The van der Waals surface area contributed by atoms with Gasteiger partial charge in [0, 0.05) is 16.6 Å². The van der Waals surface area contributed by atoms with Crippen LogP contribution in [-0.4, -0.2) is 0 Å². The Bertz CT molecular complexity index is 399. The molecule has 0 saturated heterocycles. The van der Waals surface area contributed by atoms with Crippen molar-refractivity contribution in [2.24, 2.45) is 11.1 Å². The van der Waals surface area contributed by atoms with E-state index >= 15 is 0 Å². The minimum absolute atomic E-state index is 0.0780. The quantitative estimate of drug-likeness (QED) is 0.849. The summed E-state index contributed by atoms with van der Waals surface area (Å²) in [7, 11) is 0. The van der Waals surface area contributed by atoms with Crippen LogP contribution in [0.3, 0.4) is 0 Å². The highest BCUT2D eigenvalue weighted by Gasteiger charge is 2.39. The van der Waals surface area contributed by atoms with E-state index in [4.69, 9.17) is 17.3 Å². The Morgan fingerprint density at radius 2 is 2.06 bits per heavy atom. The zero-order valence-corrected chi connectivity index (χ0v) is 10.9. The maximum Gasteiger partial charge on any atom is 0.129 e. The van der Waals surface area contributed by atoms with E-state index in [0.717, 1.165) is 19.3 Å². The summed E-state index contributed by atoms with van der Waals surface area (Å²) < 4.78 is 13.9. The first-order valence-corrected chi connectivity index (χ1v) is 6.67. The second-order valence-corrected chi connectivity index (χ2v) is 5.50. The van der Waals surface area contributed by atoms with Crippen molar-refractivity contribution < 1.29 is 4.39 Å². The number of rotatable bonds is 3. The molecule has 1 nitrogen and oxygen atoms in total. The molecule has 0 bridgehead atoms. The zero-order chi connectivity index (χ0) is 12.5. The van der Waals surface area contributed by atoms with E-state index in [9.17, 15) is 4.39 Å². The first kappa shape index (κ1) is 12.8. The molecule has 94 valence electrons. The Morgan fingerprint density at radius 3 is 2.59 bits per heavy atom. The molecule has 2 rings (SSSR count). The third-order valence-electron chi connectivity index (χ3n) is 4.26. The predicted molar refractivity (Wildman–Crippen MR) is 69.5 cm³/mol. The highest BCUT2D eigenvalue weighted by Crippen LogP contribution is 2.49. The molecule has 0 spiro atoms. The molecule has 1 unspecified atom stereocenters. The maximum atomic E-state index is 13.9. The first-order chi connectivity index (χ1) is 8.09. The van der Waals surface area contributed by atoms with Gasteiger partial charge in [-0.2, -0.15) is 0 Å². The van der Waals surface area contributed by atoms with Crippen molar-refractivity contribution in [2.45, 2.75) is 45.1 Å². The normalized spacial score (nSPS) is 20.5. The van der Waals surface area contributed by atoms with Crippen molar-refractivity contribution >= 4 is 11.6 Å². The van der Waals surface area contributed by atoms with E-state index in [0.29, 0.717) is 10.6 Å².